The lowest BCUT2D eigenvalue weighted by Crippen LogP contribution is -2.44. The Bertz CT molecular complexity index is 190. The van der Waals surface area contributed by atoms with Gasteiger partial charge in [0.15, 0.2) is 0 Å². The lowest BCUT2D eigenvalue weighted by molar-refractivity contribution is 0.0818. The molecule has 0 aromatic rings. The van der Waals surface area contributed by atoms with Crippen LogP contribution in [0.4, 0.5) is 0 Å². The Morgan fingerprint density at radius 3 is 2.50 bits per heavy atom. The second kappa shape index (κ2) is 6.58. The van der Waals surface area contributed by atoms with E-state index in [4.69, 9.17) is 4.74 Å². The van der Waals surface area contributed by atoms with E-state index in [0.717, 1.165) is 13.2 Å². The number of ether oxygens (including phenoxy) is 1. The molecule has 3 nitrogen and oxygen atoms in total. The van der Waals surface area contributed by atoms with Crippen LogP contribution in [0.15, 0.2) is 0 Å². The van der Waals surface area contributed by atoms with Gasteiger partial charge in [-0.3, -0.25) is 0 Å². The van der Waals surface area contributed by atoms with E-state index in [9.17, 15) is 0 Å². The smallest absolute Gasteiger partial charge is 0.0615 e. The standard InChI is InChI=1S/C13H28N2O/c1-12(9-16-4)15(3)11-13(10-14-2)7-5-6-8-13/h12,14H,5-11H2,1-4H3. The molecule has 96 valence electrons. The van der Waals surface area contributed by atoms with Crippen LogP contribution in [0.1, 0.15) is 32.6 Å². The first kappa shape index (κ1) is 13.9. The topological polar surface area (TPSA) is 24.5 Å². The highest BCUT2D eigenvalue weighted by molar-refractivity contribution is 4.89. The van der Waals surface area contributed by atoms with Gasteiger partial charge in [0.2, 0.25) is 0 Å². The molecule has 1 saturated carbocycles. The van der Waals surface area contributed by atoms with Gasteiger partial charge in [-0.05, 0) is 39.3 Å². The molecule has 0 heterocycles. The molecular weight excluding hydrogens is 200 g/mol. The van der Waals surface area contributed by atoms with Crippen molar-refractivity contribution in [3.63, 3.8) is 0 Å². The predicted molar refractivity (Wildman–Crippen MR) is 68.8 cm³/mol. The number of hydrogen-bond acceptors (Lipinski definition) is 3. The van der Waals surface area contributed by atoms with Gasteiger partial charge in [0.1, 0.15) is 0 Å². The van der Waals surface area contributed by atoms with E-state index in [2.05, 4.69) is 31.2 Å². The Balaban J connectivity index is 2.47. The number of methoxy groups -OCH3 is 1. The van der Waals surface area contributed by atoms with Crippen molar-refractivity contribution in [2.75, 3.05) is 40.9 Å². The normalized spacial score (nSPS) is 21.6. The van der Waals surface area contributed by atoms with Crippen LogP contribution in [0, 0.1) is 5.41 Å². The van der Waals surface area contributed by atoms with E-state index in [1.807, 2.05) is 0 Å². The fourth-order valence-electron chi connectivity index (χ4n) is 2.94. The summed E-state index contributed by atoms with van der Waals surface area (Å²) in [6.07, 6.45) is 5.54. The largest absolute Gasteiger partial charge is 0.383 e. The van der Waals surface area contributed by atoms with Gasteiger partial charge in [-0.1, -0.05) is 12.8 Å². The van der Waals surface area contributed by atoms with Crippen LogP contribution in [0.3, 0.4) is 0 Å². The average molecular weight is 228 g/mol. The number of rotatable bonds is 7. The van der Waals surface area contributed by atoms with Crippen LogP contribution in [-0.4, -0.2) is 51.8 Å². The molecule has 0 radical (unpaired) electrons. The first-order chi connectivity index (χ1) is 7.63. The molecule has 1 N–H and O–H groups in total. The van der Waals surface area contributed by atoms with Crippen LogP contribution < -0.4 is 5.32 Å². The lowest BCUT2D eigenvalue weighted by atomic mass is 9.85. The fourth-order valence-corrected chi connectivity index (χ4v) is 2.94. The average Bonchev–Trinajstić information content (AvgIpc) is 2.67. The molecule has 1 fully saturated rings. The van der Waals surface area contributed by atoms with Crippen molar-refractivity contribution in [2.45, 2.75) is 38.6 Å². The number of hydrogen-bond donors (Lipinski definition) is 1. The summed E-state index contributed by atoms with van der Waals surface area (Å²) >= 11 is 0. The highest BCUT2D eigenvalue weighted by atomic mass is 16.5. The highest BCUT2D eigenvalue weighted by Gasteiger charge is 2.34. The van der Waals surface area contributed by atoms with Crippen molar-refractivity contribution in [2.24, 2.45) is 5.41 Å². The highest BCUT2D eigenvalue weighted by Crippen LogP contribution is 2.38. The predicted octanol–water partition coefficient (Wildman–Crippen LogP) is 1.73. The number of likely N-dealkylation sites (N-methyl/N-ethyl adjacent to an activating group) is 1. The summed E-state index contributed by atoms with van der Waals surface area (Å²) in [5.74, 6) is 0. The molecule has 0 bridgehead atoms. The monoisotopic (exact) mass is 228 g/mol. The van der Waals surface area contributed by atoms with Gasteiger partial charge in [0, 0.05) is 26.2 Å². The zero-order valence-electron chi connectivity index (χ0n) is 11.4. The minimum absolute atomic E-state index is 0.505. The Kier molecular flexibility index (Phi) is 5.73. The van der Waals surface area contributed by atoms with E-state index in [1.54, 1.807) is 7.11 Å². The van der Waals surface area contributed by atoms with Crippen molar-refractivity contribution in [1.29, 1.82) is 0 Å². The first-order valence-corrected chi connectivity index (χ1v) is 6.47. The summed E-state index contributed by atoms with van der Waals surface area (Å²) in [7, 11) is 6.07. The summed E-state index contributed by atoms with van der Waals surface area (Å²) in [5, 5.41) is 3.37. The molecule has 1 unspecified atom stereocenters. The van der Waals surface area contributed by atoms with Crippen LogP contribution >= 0.6 is 0 Å². The maximum atomic E-state index is 5.22. The quantitative estimate of drug-likeness (QED) is 0.718. The maximum Gasteiger partial charge on any atom is 0.0615 e. The third-order valence-electron chi connectivity index (χ3n) is 3.96. The van der Waals surface area contributed by atoms with Crippen LogP contribution in [0.5, 0.6) is 0 Å². The molecule has 1 rings (SSSR count). The van der Waals surface area contributed by atoms with E-state index in [-0.39, 0.29) is 0 Å². The molecule has 3 heteroatoms. The van der Waals surface area contributed by atoms with Gasteiger partial charge in [0.05, 0.1) is 6.61 Å². The van der Waals surface area contributed by atoms with E-state index < -0.39 is 0 Å². The number of nitrogens with one attached hydrogen (secondary N) is 1. The van der Waals surface area contributed by atoms with Crippen molar-refractivity contribution in [1.82, 2.24) is 10.2 Å². The molecule has 1 atom stereocenters. The van der Waals surface area contributed by atoms with Gasteiger partial charge < -0.3 is 15.0 Å². The van der Waals surface area contributed by atoms with Crippen LogP contribution in [-0.2, 0) is 4.74 Å². The molecule has 0 spiro atoms. The second-order valence-corrected chi connectivity index (χ2v) is 5.46. The van der Waals surface area contributed by atoms with Gasteiger partial charge in [-0.15, -0.1) is 0 Å². The van der Waals surface area contributed by atoms with Gasteiger partial charge >= 0.3 is 0 Å². The Morgan fingerprint density at radius 1 is 1.38 bits per heavy atom. The Labute approximate surface area is 101 Å². The molecule has 0 aromatic heterocycles. The summed E-state index contributed by atoms with van der Waals surface area (Å²) in [5.41, 5.74) is 0.505. The molecule has 1 aliphatic carbocycles. The van der Waals surface area contributed by atoms with Crippen LogP contribution in [0.2, 0.25) is 0 Å². The van der Waals surface area contributed by atoms with Gasteiger partial charge in [-0.25, -0.2) is 0 Å². The zero-order valence-corrected chi connectivity index (χ0v) is 11.4. The van der Waals surface area contributed by atoms with Crippen molar-refractivity contribution in [3.05, 3.63) is 0 Å². The SMILES string of the molecule is CNCC1(CN(C)C(C)COC)CCCC1. The van der Waals surface area contributed by atoms with E-state index in [1.165, 1.54) is 32.2 Å². The van der Waals surface area contributed by atoms with Gasteiger partial charge in [-0.2, -0.15) is 0 Å². The molecule has 0 amide bonds. The van der Waals surface area contributed by atoms with Crippen molar-refractivity contribution in [3.8, 4) is 0 Å². The Morgan fingerprint density at radius 2 is 2.00 bits per heavy atom. The summed E-state index contributed by atoms with van der Waals surface area (Å²) in [4.78, 5) is 2.45. The molecular formula is C13H28N2O. The third-order valence-corrected chi connectivity index (χ3v) is 3.96. The molecule has 0 aliphatic heterocycles. The summed E-state index contributed by atoms with van der Waals surface area (Å²) in [6.45, 7) is 5.41. The first-order valence-electron chi connectivity index (χ1n) is 6.47. The minimum atomic E-state index is 0.505. The van der Waals surface area contributed by atoms with Gasteiger partial charge in [0.25, 0.3) is 0 Å². The molecule has 1 aliphatic rings. The van der Waals surface area contributed by atoms with E-state index in [0.29, 0.717) is 11.5 Å². The van der Waals surface area contributed by atoms with E-state index >= 15 is 0 Å². The van der Waals surface area contributed by atoms with Crippen LogP contribution in [0.25, 0.3) is 0 Å². The molecule has 0 aromatic carbocycles. The lowest BCUT2D eigenvalue weighted by Gasteiger charge is -2.36. The summed E-state index contributed by atoms with van der Waals surface area (Å²) in [6, 6.07) is 0.513. The fraction of sp³-hybridized carbons (Fsp3) is 1.00. The maximum absolute atomic E-state index is 5.22. The Hall–Kier alpha value is -0.120. The second-order valence-electron chi connectivity index (χ2n) is 5.46. The van der Waals surface area contributed by atoms with Crippen molar-refractivity contribution < 1.29 is 4.74 Å². The molecule has 0 saturated heterocycles. The number of nitrogens with zero attached hydrogens (tertiary/aromatic N) is 1. The minimum Gasteiger partial charge on any atom is -0.383 e. The van der Waals surface area contributed by atoms with Crippen molar-refractivity contribution >= 4 is 0 Å². The summed E-state index contributed by atoms with van der Waals surface area (Å²) < 4.78 is 5.22. The molecule has 16 heavy (non-hydrogen) atoms. The third kappa shape index (κ3) is 3.72. The zero-order chi connectivity index (χ0) is 12.0.